The smallest absolute Gasteiger partial charge is 0.252 e. The van der Waals surface area contributed by atoms with E-state index in [1.54, 1.807) is 22.3 Å². The maximum Gasteiger partial charge on any atom is 0.252 e. The second-order valence-corrected chi connectivity index (χ2v) is 22.0. The summed E-state index contributed by atoms with van der Waals surface area (Å²) in [5, 5.41) is 0. The molecule has 5 aromatic rings. The molecule has 2 aliphatic heterocycles. The van der Waals surface area contributed by atoms with Crippen LogP contribution in [0, 0.1) is 0 Å². The van der Waals surface area contributed by atoms with Crippen LogP contribution in [0.1, 0.15) is 153 Å². The summed E-state index contributed by atoms with van der Waals surface area (Å²) >= 11 is 0. The van der Waals surface area contributed by atoms with Crippen LogP contribution in [0.15, 0.2) is 78.9 Å². The van der Waals surface area contributed by atoms with Crippen LogP contribution in [-0.2, 0) is 47.3 Å². The van der Waals surface area contributed by atoms with Crippen LogP contribution >= 0.6 is 0 Å². The molecule has 0 N–H and O–H groups in total. The predicted octanol–water partition coefficient (Wildman–Crippen LogP) is 12.7. The van der Waals surface area contributed by atoms with E-state index in [0.29, 0.717) is 0 Å². The van der Waals surface area contributed by atoms with Gasteiger partial charge in [0, 0.05) is 28.4 Å². The van der Waals surface area contributed by atoms with Crippen LogP contribution in [0.3, 0.4) is 0 Å². The summed E-state index contributed by atoms with van der Waals surface area (Å²) in [5.41, 5.74) is 24.5. The van der Waals surface area contributed by atoms with E-state index in [-0.39, 0.29) is 28.4 Å². The summed E-state index contributed by atoms with van der Waals surface area (Å²) in [5.74, 6) is 0. The largest absolute Gasteiger partial charge is 0.311 e. The molecule has 0 atom stereocenters. The third-order valence-corrected chi connectivity index (χ3v) is 13.8. The van der Waals surface area contributed by atoms with Crippen molar-refractivity contribution in [3.05, 3.63) is 123 Å². The number of hydrogen-bond acceptors (Lipinski definition) is 2. The average molecular weight is 753 g/mol. The Bertz CT molecular complexity index is 2350. The van der Waals surface area contributed by atoms with Gasteiger partial charge in [0.25, 0.3) is 6.71 Å². The zero-order valence-electron chi connectivity index (χ0n) is 37.1. The minimum atomic E-state index is 0.00790. The molecule has 5 aromatic carbocycles. The summed E-state index contributed by atoms with van der Waals surface area (Å²) in [6, 6.07) is 32.3. The molecule has 0 fully saturated rings. The van der Waals surface area contributed by atoms with Gasteiger partial charge >= 0.3 is 0 Å². The third kappa shape index (κ3) is 6.38. The van der Waals surface area contributed by atoms with Gasteiger partial charge in [0.15, 0.2) is 0 Å². The van der Waals surface area contributed by atoms with Crippen LogP contribution in [0.25, 0.3) is 0 Å². The van der Waals surface area contributed by atoms with E-state index >= 15 is 0 Å². The Hall–Kier alpha value is -4.24. The van der Waals surface area contributed by atoms with Gasteiger partial charge in [-0.15, -0.1) is 0 Å². The topological polar surface area (TPSA) is 6.48 Å². The Morgan fingerprint density at radius 1 is 0.421 bits per heavy atom. The first-order valence-corrected chi connectivity index (χ1v) is 22.2. The zero-order chi connectivity index (χ0) is 40.4. The van der Waals surface area contributed by atoms with E-state index < -0.39 is 0 Å². The van der Waals surface area contributed by atoms with Gasteiger partial charge in [0.2, 0.25) is 0 Å². The normalized spacial score (nSPS) is 16.5. The monoisotopic (exact) mass is 753 g/mol. The SMILES string of the molecule is CC(C)(C)c1cc(N2c3ccc(C(C)(C)C)cc3B3c4cc(C(C)(C)C)ccc4N(c4c5c(cc6c4CCCC6)CCCC5)c4cccc2c43)cc(C(C)(C)C)c1. The number of anilines is 6. The van der Waals surface area contributed by atoms with Gasteiger partial charge in [-0.2, -0.15) is 0 Å². The van der Waals surface area contributed by atoms with Crippen molar-refractivity contribution in [2.24, 2.45) is 0 Å². The van der Waals surface area contributed by atoms with Crippen LogP contribution in [0.4, 0.5) is 34.1 Å². The quantitative estimate of drug-likeness (QED) is 0.162. The summed E-state index contributed by atoms with van der Waals surface area (Å²) in [7, 11) is 0. The van der Waals surface area contributed by atoms with Gasteiger partial charge in [-0.3, -0.25) is 0 Å². The molecular formula is C54H65BN2. The van der Waals surface area contributed by atoms with Crippen LogP contribution in [0.2, 0.25) is 0 Å². The molecule has 0 aromatic heterocycles. The molecule has 2 nitrogen and oxygen atoms in total. The van der Waals surface area contributed by atoms with Gasteiger partial charge in [-0.1, -0.05) is 126 Å². The minimum absolute atomic E-state index is 0.00790. The second kappa shape index (κ2) is 13.1. The molecule has 0 radical (unpaired) electrons. The number of hydrogen-bond donors (Lipinski definition) is 0. The number of aryl methyl sites for hydroxylation is 2. The molecule has 0 saturated carbocycles. The standard InChI is InChI=1S/C54H65BN2/c1-51(2,3)36-24-26-45-43(32-36)55-44-33-37(52(4,5)6)25-27-46(44)57(50-41-20-15-13-18-34(41)28-35-19-14-16-21-42(35)50)48-23-17-22-47(49(48)55)56(45)40-30-38(53(7,8)9)29-39(31-40)54(10,11)12/h17,22-33H,13-16,18-21H2,1-12H3. The van der Waals surface area contributed by atoms with E-state index in [1.165, 1.54) is 124 Å². The summed E-state index contributed by atoms with van der Waals surface area (Å²) in [4.78, 5) is 5.43. The van der Waals surface area contributed by atoms with E-state index in [1.807, 2.05) is 0 Å². The lowest BCUT2D eigenvalue weighted by Crippen LogP contribution is -2.61. The molecule has 2 aliphatic carbocycles. The van der Waals surface area contributed by atoms with Crippen molar-refractivity contribution < 1.29 is 0 Å². The van der Waals surface area contributed by atoms with Crippen molar-refractivity contribution in [1.29, 1.82) is 0 Å². The first-order valence-electron chi connectivity index (χ1n) is 22.2. The molecule has 2 heterocycles. The number of fused-ring (bicyclic) bond motifs is 6. The molecule has 294 valence electrons. The fourth-order valence-electron chi connectivity index (χ4n) is 10.4. The van der Waals surface area contributed by atoms with Crippen molar-refractivity contribution in [1.82, 2.24) is 0 Å². The summed E-state index contributed by atoms with van der Waals surface area (Å²) in [6.07, 6.45) is 9.88. The number of benzene rings is 5. The van der Waals surface area contributed by atoms with Crippen molar-refractivity contribution in [3.63, 3.8) is 0 Å². The molecule has 0 bridgehead atoms. The van der Waals surface area contributed by atoms with Crippen molar-refractivity contribution >= 4 is 57.2 Å². The van der Waals surface area contributed by atoms with Crippen LogP contribution < -0.4 is 26.2 Å². The van der Waals surface area contributed by atoms with Crippen molar-refractivity contribution in [3.8, 4) is 0 Å². The highest BCUT2D eigenvalue weighted by Gasteiger charge is 2.45. The van der Waals surface area contributed by atoms with Crippen molar-refractivity contribution in [2.45, 2.75) is 156 Å². The second-order valence-electron chi connectivity index (χ2n) is 22.0. The molecule has 0 amide bonds. The lowest BCUT2D eigenvalue weighted by atomic mass is 9.33. The Labute approximate surface area is 345 Å². The number of nitrogens with zero attached hydrogens (tertiary/aromatic N) is 2. The van der Waals surface area contributed by atoms with Crippen LogP contribution in [0.5, 0.6) is 0 Å². The van der Waals surface area contributed by atoms with Crippen molar-refractivity contribution in [2.75, 3.05) is 9.80 Å². The lowest BCUT2D eigenvalue weighted by Gasteiger charge is -2.46. The summed E-state index contributed by atoms with van der Waals surface area (Å²) in [6.45, 7) is 28.5. The molecular weight excluding hydrogens is 687 g/mol. The molecule has 3 heteroatoms. The summed E-state index contributed by atoms with van der Waals surface area (Å²) < 4.78 is 0. The Kier molecular flexibility index (Phi) is 8.83. The van der Waals surface area contributed by atoms with Gasteiger partial charge in [0.1, 0.15) is 0 Å². The first-order chi connectivity index (χ1) is 26.8. The molecule has 9 rings (SSSR count). The Morgan fingerprint density at radius 3 is 1.33 bits per heavy atom. The average Bonchev–Trinajstić information content (AvgIpc) is 3.15. The zero-order valence-corrected chi connectivity index (χ0v) is 37.1. The fraction of sp³-hybridized carbons (Fsp3) is 0.444. The first kappa shape index (κ1) is 38.3. The Balaban J connectivity index is 1.41. The highest BCUT2D eigenvalue weighted by molar-refractivity contribution is 7.00. The molecule has 57 heavy (non-hydrogen) atoms. The maximum absolute atomic E-state index is 2.79. The minimum Gasteiger partial charge on any atom is -0.311 e. The van der Waals surface area contributed by atoms with E-state index in [0.717, 1.165) is 0 Å². The number of rotatable bonds is 2. The van der Waals surface area contributed by atoms with E-state index in [4.69, 9.17) is 0 Å². The lowest BCUT2D eigenvalue weighted by molar-refractivity contribution is 0.568. The molecule has 0 unspecified atom stereocenters. The predicted molar refractivity (Wildman–Crippen MR) is 249 cm³/mol. The maximum atomic E-state index is 2.79. The molecule has 4 aliphatic rings. The van der Waals surface area contributed by atoms with E-state index in [2.05, 4.69) is 172 Å². The Morgan fingerprint density at radius 2 is 0.860 bits per heavy atom. The van der Waals surface area contributed by atoms with Gasteiger partial charge in [-0.05, 0) is 170 Å². The van der Waals surface area contributed by atoms with E-state index in [9.17, 15) is 0 Å². The third-order valence-electron chi connectivity index (χ3n) is 13.8. The molecule has 0 saturated heterocycles. The van der Waals surface area contributed by atoms with Crippen LogP contribution in [-0.4, -0.2) is 6.71 Å². The highest BCUT2D eigenvalue weighted by Crippen LogP contribution is 2.50. The van der Waals surface area contributed by atoms with Gasteiger partial charge < -0.3 is 9.80 Å². The fourth-order valence-corrected chi connectivity index (χ4v) is 10.4. The van der Waals surface area contributed by atoms with Gasteiger partial charge in [0.05, 0.1) is 5.69 Å². The van der Waals surface area contributed by atoms with Gasteiger partial charge in [-0.25, -0.2) is 0 Å². The molecule has 0 spiro atoms. The highest BCUT2D eigenvalue weighted by atomic mass is 15.2.